The van der Waals surface area contributed by atoms with Crippen molar-refractivity contribution in [1.82, 2.24) is 4.98 Å². The molecular weight excluding hydrogens is 214 g/mol. The third-order valence-electron chi connectivity index (χ3n) is 2.10. The Bertz CT molecular complexity index is 594. The van der Waals surface area contributed by atoms with Crippen LogP contribution in [-0.4, -0.2) is 11.0 Å². The van der Waals surface area contributed by atoms with E-state index in [4.69, 9.17) is 0 Å². The van der Waals surface area contributed by atoms with Crippen LogP contribution in [0, 0.1) is 11.8 Å². The molecule has 2 aromatic rings. The summed E-state index contributed by atoms with van der Waals surface area (Å²) in [6.45, 7) is 0. The number of carboxylic acids is 1. The lowest BCUT2D eigenvalue weighted by Gasteiger charge is -2.00. The lowest BCUT2D eigenvalue weighted by molar-refractivity contribution is -0.255. The minimum atomic E-state index is -1.25. The molecule has 1 aromatic carbocycles. The van der Waals surface area contributed by atoms with E-state index >= 15 is 0 Å². The van der Waals surface area contributed by atoms with Gasteiger partial charge in [-0.2, -0.15) is 0 Å². The molecule has 0 aliphatic rings. The average Bonchev–Trinajstić information content (AvgIpc) is 2.38. The van der Waals surface area contributed by atoms with Gasteiger partial charge in [-0.1, -0.05) is 30.0 Å². The van der Waals surface area contributed by atoms with Crippen molar-refractivity contribution in [2.75, 3.05) is 0 Å². The van der Waals surface area contributed by atoms with Crippen LogP contribution in [0.5, 0.6) is 0 Å². The lowest BCUT2D eigenvalue weighted by Crippen LogP contribution is -2.22. The number of carbonyl (C=O) groups excluding carboxylic acids is 1. The van der Waals surface area contributed by atoms with Gasteiger partial charge in [0.25, 0.3) is 0 Å². The van der Waals surface area contributed by atoms with Crippen LogP contribution in [0.2, 0.25) is 0 Å². The molecule has 0 unspecified atom stereocenters. The summed E-state index contributed by atoms with van der Waals surface area (Å²) >= 11 is 0. The largest absolute Gasteiger partial charge is 0.545 e. The summed E-state index contributed by atoms with van der Waals surface area (Å²) in [4.78, 5) is 14.4. The van der Waals surface area contributed by atoms with E-state index < -0.39 is 5.97 Å². The molecule has 2 rings (SSSR count). The van der Waals surface area contributed by atoms with Crippen LogP contribution in [-0.2, 0) is 0 Å². The molecule has 0 amide bonds. The maximum Gasteiger partial charge on any atom is 0.0731 e. The first-order chi connectivity index (χ1) is 8.25. The Morgan fingerprint density at radius 3 is 2.47 bits per heavy atom. The van der Waals surface area contributed by atoms with Gasteiger partial charge in [0.15, 0.2) is 0 Å². The van der Waals surface area contributed by atoms with Gasteiger partial charge in [-0.25, -0.2) is 0 Å². The number of aromatic nitrogens is 1. The van der Waals surface area contributed by atoms with E-state index in [0.29, 0.717) is 5.56 Å². The van der Waals surface area contributed by atoms with Crippen LogP contribution in [0.1, 0.15) is 21.5 Å². The van der Waals surface area contributed by atoms with Crippen molar-refractivity contribution < 1.29 is 9.90 Å². The Kier molecular flexibility index (Phi) is 3.18. The fraction of sp³-hybridized carbons (Fsp3) is 0. The number of aromatic carboxylic acids is 1. The highest BCUT2D eigenvalue weighted by atomic mass is 16.4. The third-order valence-corrected chi connectivity index (χ3v) is 2.10. The molecule has 0 spiro atoms. The van der Waals surface area contributed by atoms with E-state index in [9.17, 15) is 9.90 Å². The summed E-state index contributed by atoms with van der Waals surface area (Å²) in [5.41, 5.74) is 1.45. The number of nitrogens with zero attached hydrogens (tertiary/aromatic N) is 1. The molecule has 0 bridgehead atoms. The van der Waals surface area contributed by atoms with E-state index in [1.54, 1.807) is 0 Å². The molecular formula is C14H8NO2-. The zero-order chi connectivity index (χ0) is 12.1. The number of rotatable bonds is 1. The Morgan fingerprint density at radius 2 is 1.76 bits per heavy atom. The zero-order valence-electron chi connectivity index (χ0n) is 8.88. The number of carboxylic acid groups (broad SMARTS) is 1. The molecule has 0 aliphatic carbocycles. The number of carbonyl (C=O) groups is 1. The number of benzene rings is 1. The van der Waals surface area contributed by atoms with E-state index in [0.717, 1.165) is 5.56 Å². The molecule has 0 N–H and O–H groups in total. The summed E-state index contributed by atoms with van der Waals surface area (Å²) in [6, 6.07) is 10.9. The second kappa shape index (κ2) is 4.95. The molecule has 0 atom stereocenters. The van der Waals surface area contributed by atoms with Gasteiger partial charge in [-0.05, 0) is 18.2 Å². The van der Waals surface area contributed by atoms with Crippen molar-refractivity contribution >= 4 is 5.97 Å². The van der Waals surface area contributed by atoms with E-state index in [2.05, 4.69) is 16.8 Å². The molecule has 0 fully saturated rings. The van der Waals surface area contributed by atoms with Crippen LogP contribution >= 0.6 is 0 Å². The average molecular weight is 222 g/mol. The molecule has 0 aliphatic heterocycles. The topological polar surface area (TPSA) is 53.0 Å². The van der Waals surface area contributed by atoms with Crippen molar-refractivity contribution in [3.05, 3.63) is 65.5 Å². The molecule has 0 saturated heterocycles. The van der Waals surface area contributed by atoms with E-state index in [1.165, 1.54) is 18.5 Å². The van der Waals surface area contributed by atoms with Gasteiger partial charge in [-0.3, -0.25) is 4.98 Å². The Labute approximate surface area is 98.8 Å². The number of hydrogen-bond donors (Lipinski definition) is 0. The zero-order valence-corrected chi connectivity index (χ0v) is 8.88. The fourth-order valence-electron chi connectivity index (χ4n) is 1.29. The third kappa shape index (κ3) is 2.93. The second-order valence-electron chi connectivity index (χ2n) is 3.37. The standard InChI is InChI=1S/C14H9NO2/c16-14(17)13-8-12(9-15-10-13)7-6-11-4-2-1-3-5-11/h1-5,8-10H,(H,16,17)/p-1. The Morgan fingerprint density at radius 1 is 1.06 bits per heavy atom. The van der Waals surface area contributed by atoms with Gasteiger partial charge in [0.2, 0.25) is 0 Å². The smallest absolute Gasteiger partial charge is 0.0731 e. The normalized spacial score (nSPS) is 9.18. The first kappa shape index (κ1) is 10.9. The highest BCUT2D eigenvalue weighted by Gasteiger charge is 1.94. The van der Waals surface area contributed by atoms with Crippen molar-refractivity contribution in [3.8, 4) is 11.8 Å². The van der Waals surface area contributed by atoms with Crippen LogP contribution in [0.25, 0.3) is 0 Å². The van der Waals surface area contributed by atoms with Crippen LogP contribution < -0.4 is 5.11 Å². The molecule has 0 saturated carbocycles. The Balaban J connectivity index is 2.28. The summed E-state index contributed by atoms with van der Waals surface area (Å²) < 4.78 is 0. The van der Waals surface area contributed by atoms with Crippen molar-refractivity contribution in [2.45, 2.75) is 0 Å². The van der Waals surface area contributed by atoms with Gasteiger partial charge < -0.3 is 9.90 Å². The monoisotopic (exact) mass is 222 g/mol. The van der Waals surface area contributed by atoms with Crippen LogP contribution in [0.3, 0.4) is 0 Å². The first-order valence-corrected chi connectivity index (χ1v) is 4.99. The van der Waals surface area contributed by atoms with Crippen LogP contribution in [0.4, 0.5) is 0 Å². The van der Waals surface area contributed by atoms with Gasteiger partial charge in [0.05, 0.1) is 5.97 Å². The minimum Gasteiger partial charge on any atom is -0.545 e. The summed E-state index contributed by atoms with van der Waals surface area (Å²) in [5, 5.41) is 10.6. The highest BCUT2D eigenvalue weighted by Crippen LogP contribution is 2.01. The summed E-state index contributed by atoms with van der Waals surface area (Å²) in [6.07, 6.45) is 2.76. The quantitative estimate of drug-likeness (QED) is 0.672. The predicted molar refractivity (Wildman–Crippen MR) is 61.0 cm³/mol. The summed E-state index contributed by atoms with van der Waals surface area (Å²) in [5.74, 6) is 4.53. The van der Waals surface area contributed by atoms with Crippen LogP contribution in [0.15, 0.2) is 48.8 Å². The number of hydrogen-bond acceptors (Lipinski definition) is 3. The molecule has 3 nitrogen and oxygen atoms in total. The number of pyridine rings is 1. The van der Waals surface area contributed by atoms with Crippen molar-refractivity contribution in [2.24, 2.45) is 0 Å². The van der Waals surface area contributed by atoms with Gasteiger partial charge in [-0.15, -0.1) is 0 Å². The highest BCUT2D eigenvalue weighted by molar-refractivity contribution is 5.85. The van der Waals surface area contributed by atoms with E-state index in [-0.39, 0.29) is 5.56 Å². The van der Waals surface area contributed by atoms with Gasteiger partial charge in [0.1, 0.15) is 0 Å². The molecule has 17 heavy (non-hydrogen) atoms. The minimum absolute atomic E-state index is 0.0323. The molecule has 0 radical (unpaired) electrons. The molecule has 3 heteroatoms. The van der Waals surface area contributed by atoms with E-state index in [1.807, 2.05) is 30.3 Å². The molecule has 1 heterocycles. The van der Waals surface area contributed by atoms with Gasteiger partial charge >= 0.3 is 0 Å². The maximum absolute atomic E-state index is 10.6. The van der Waals surface area contributed by atoms with Crippen molar-refractivity contribution in [1.29, 1.82) is 0 Å². The predicted octanol–water partition coefficient (Wildman–Crippen LogP) is 0.845. The second-order valence-corrected chi connectivity index (χ2v) is 3.37. The maximum atomic E-state index is 10.6. The summed E-state index contributed by atoms with van der Waals surface area (Å²) in [7, 11) is 0. The first-order valence-electron chi connectivity index (χ1n) is 4.99. The molecule has 82 valence electrons. The van der Waals surface area contributed by atoms with Crippen molar-refractivity contribution in [3.63, 3.8) is 0 Å². The lowest BCUT2D eigenvalue weighted by atomic mass is 10.2. The Hall–Kier alpha value is -2.60. The fourth-order valence-corrected chi connectivity index (χ4v) is 1.29. The van der Waals surface area contributed by atoms with Gasteiger partial charge in [0, 0.05) is 29.1 Å². The molecule has 1 aromatic heterocycles. The SMILES string of the molecule is O=C([O-])c1cncc(C#Cc2ccccc2)c1.